The Balaban J connectivity index is 1.96. The lowest BCUT2D eigenvalue weighted by Crippen LogP contribution is -2.15. The first-order chi connectivity index (χ1) is 5.43. The maximum atomic E-state index is 5.08. The van der Waals surface area contributed by atoms with Crippen molar-refractivity contribution in [1.29, 1.82) is 0 Å². The first-order valence-electron chi connectivity index (χ1n) is 4.29. The number of nitrogens with one attached hydrogen (secondary N) is 1. The van der Waals surface area contributed by atoms with Crippen LogP contribution in [0, 0.1) is 5.92 Å². The molecular weight excluding hydrogens is 158 g/mol. The molecule has 1 aliphatic rings. The third-order valence-corrected chi connectivity index (χ3v) is 3.16. The molecule has 0 aromatic rings. The van der Waals surface area contributed by atoms with Gasteiger partial charge < -0.3 is 4.84 Å². The fourth-order valence-electron chi connectivity index (χ4n) is 1.36. The molecule has 0 atom stereocenters. The highest BCUT2D eigenvalue weighted by Gasteiger charge is 2.12. The number of hydroxylamine groups is 1. The van der Waals surface area contributed by atoms with Gasteiger partial charge in [-0.25, -0.2) is 5.48 Å². The minimum absolute atomic E-state index is 0.867. The molecule has 1 rings (SSSR count). The zero-order valence-corrected chi connectivity index (χ0v) is 7.95. The standard InChI is InChI=1S/C8H17NOS/c1-9-10-5-2-8-3-6-11-7-4-8/h8-9H,2-7H2,1H3. The minimum atomic E-state index is 0.867. The van der Waals surface area contributed by atoms with Gasteiger partial charge in [0.05, 0.1) is 6.61 Å². The molecule has 1 heterocycles. The molecule has 0 aromatic carbocycles. The molecule has 11 heavy (non-hydrogen) atoms. The summed E-state index contributed by atoms with van der Waals surface area (Å²) >= 11 is 2.08. The lowest BCUT2D eigenvalue weighted by atomic mass is 10.00. The first kappa shape index (κ1) is 9.36. The molecule has 0 unspecified atom stereocenters. The van der Waals surface area contributed by atoms with Crippen LogP contribution in [0.1, 0.15) is 19.3 Å². The largest absolute Gasteiger partial charge is 0.302 e. The molecule has 3 heteroatoms. The summed E-state index contributed by atoms with van der Waals surface area (Å²) in [4.78, 5) is 5.08. The van der Waals surface area contributed by atoms with E-state index in [0.717, 1.165) is 12.5 Å². The van der Waals surface area contributed by atoms with E-state index in [1.807, 2.05) is 7.05 Å². The summed E-state index contributed by atoms with van der Waals surface area (Å²) in [6.45, 7) is 0.867. The van der Waals surface area contributed by atoms with Crippen molar-refractivity contribution in [2.24, 2.45) is 5.92 Å². The van der Waals surface area contributed by atoms with Gasteiger partial charge in [0.25, 0.3) is 0 Å². The molecule has 2 nitrogen and oxygen atoms in total. The number of hydrogen-bond donors (Lipinski definition) is 1. The lowest BCUT2D eigenvalue weighted by Gasteiger charge is -2.20. The Hall–Kier alpha value is 0.270. The minimum Gasteiger partial charge on any atom is -0.302 e. The molecule has 1 aliphatic heterocycles. The van der Waals surface area contributed by atoms with E-state index in [9.17, 15) is 0 Å². The average molecular weight is 175 g/mol. The molecule has 0 aromatic heterocycles. The SMILES string of the molecule is CNOCCC1CCSCC1. The lowest BCUT2D eigenvalue weighted by molar-refractivity contribution is 0.0476. The van der Waals surface area contributed by atoms with E-state index in [1.165, 1.54) is 30.8 Å². The highest BCUT2D eigenvalue weighted by molar-refractivity contribution is 7.99. The van der Waals surface area contributed by atoms with Crippen LogP contribution >= 0.6 is 11.8 Å². The van der Waals surface area contributed by atoms with Crippen molar-refractivity contribution in [1.82, 2.24) is 5.48 Å². The Kier molecular flexibility index (Phi) is 4.99. The van der Waals surface area contributed by atoms with E-state index in [1.54, 1.807) is 0 Å². The van der Waals surface area contributed by atoms with Crippen LogP contribution in [0.3, 0.4) is 0 Å². The van der Waals surface area contributed by atoms with Crippen LogP contribution in [0.2, 0.25) is 0 Å². The fourth-order valence-corrected chi connectivity index (χ4v) is 2.57. The Morgan fingerprint density at radius 1 is 1.45 bits per heavy atom. The third kappa shape index (κ3) is 3.99. The molecule has 1 fully saturated rings. The van der Waals surface area contributed by atoms with Gasteiger partial charge in [0, 0.05) is 7.05 Å². The van der Waals surface area contributed by atoms with Gasteiger partial charge in [-0.05, 0) is 36.7 Å². The number of hydrogen-bond acceptors (Lipinski definition) is 3. The molecule has 66 valence electrons. The average Bonchev–Trinajstić information content (AvgIpc) is 2.07. The molecular formula is C8H17NOS. The smallest absolute Gasteiger partial charge is 0.0684 e. The Morgan fingerprint density at radius 3 is 2.82 bits per heavy atom. The topological polar surface area (TPSA) is 21.3 Å². The van der Waals surface area contributed by atoms with Crippen LogP contribution in [-0.4, -0.2) is 25.2 Å². The second-order valence-corrected chi connectivity index (χ2v) is 4.12. The normalized spacial score (nSPS) is 20.5. The van der Waals surface area contributed by atoms with Gasteiger partial charge in [0.15, 0.2) is 0 Å². The number of thioether (sulfide) groups is 1. The van der Waals surface area contributed by atoms with Gasteiger partial charge in [-0.1, -0.05) is 0 Å². The maximum absolute atomic E-state index is 5.08. The molecule has 0 bridgehead atoms. The summed E-state index contributed by atoms with van der Waals surface area (Å²) in [5, 5.41) is 0. The Morgan fingerprint density at radius 2 is 2.18 bits per heavy atom. The molecule has 1 N–H and O–H groups in total. The second kappa shape index (κ2) is 5.86. The highest BCUT2D eigenvalue weighted by Crippen LogP contribution is 2.24. The monoisotopic (exact) mass is 175 g/mol. The van der Waals surface area contributed by atoms with Crippen LogP contribution in [-0.2, 0) is 4.84 Å². The summed E-state index contributed by atoms with van der Waals surface area (Å²) in [6.07, 6.45) is 4.00. The molecule has 0 radical (unpaired) electrons. The van der Waals surface area contributed by atoms with E-state index in [0.29, 0.717) is 0 Å². The van der Waals surface area contributed by atoms with Crippen molar-refractivity contribution in [3.05, 3.63) is 0 Å². The zero-order valence-electron chi connectivity index (χ0n) is 7.14. The van der Waals surface area contributed by atoms with E-state index >= 15 is 0 Å². The van der Waals surface area contributed by atoms with Crippen LogP contribution in [0.5, 0.6) is 0 Å². The third-order valence-electron chi connectivity index (χ3n) is 2.11. The predicted octanol–water partition coefficient (Wildman–Crippen LogP) is 1.67. The predicted molar refractivity (Wildman–Crippen MR) is 49.7 cm³/mol. The van der Waals surface area contributed by atoms with Crippen molar-refractivity contribution >= 4 is 11.8 Å². The Labute approximate surface area is 73.0 Å². The van der Waals surface area contributed by atoms with Crippen molar-refractivity contribution < 1.29 is 4.84 Å². The van der Waals surface area contributed by atoms with Crippen molar-refractivity contribution in [3.8, 4) is 0 Å². The number of rotatable bonds is 4. The highest BCUT2D eigenvalue weighted by atomic mass is 32.2. The van der Waals surface area contributed by atoms with E-state index in [-0.39, 0.29) is 0 Å². The van der Waals surface area contributed by atoms with Gasteiger partial charge in [-0.15, -0.1) is 0 Å². The van der Waals surface area contributed by atoms with Crippen molar-refractivity contribution in [2.75, 3.05) is 25.2 Å². The van der Waals surface area contributed by atoms with E-state index < -0.39 is 0 Å². The summed E-state index contributed by atoms with van der Waals surface area (Å²) in [6, 6.07) is 0. The summed E-state index contributed by atoms with van der Waals surface area (Å²) in [5.41, 5.74) is 2.70. The summed E-state index contributed by atoms with van der Waals surface area (Å²) in [5.74, 6) is 3.62. The van der Waals surface area contributed by atoms with Gasteiger partial charge in [0.2, 0.25) is 0 Å². The molecule has 0 saturated carbocycles. The molecule has 0 aliphatic carbocycles. The second-order valence-electron chi connectivity index (χ2n) is 2.90. The fraction of sp³-hybridized carbons (Fsp3) is 1.00. The van der Waals surface area contributed by atoms with Gasteiger partial charge in [-0.3, -0.25) is 0 Å². The molecule has 0 amide bonds. The quantitative estimate of drug-likeness (QED) is 0.519. The van der Waals surface area contributed by atoms with Crippen LogP contribution < -0.4 is 5.48 Å². The van der Waals surface area contributed by atoms with Gasteiger partial charge >= 0.3 is 0 Å². The van der Waals surface area contributed by atoms with Gasteiger partial charge in [0.1, 0.15) is 0 Å². The van der Waals surface area contributed by atoms with Crippen LogP contribution in [0.4, 0.5) is 0 Å². The summed E-state index contributed by atoms with van der Waals surface area (Å²) < 4.78 is 0. The van der Waals surface area contributed by atoms with Crippen LogP contribution in [0.25, 0.3) is 0 Å². The summed E-state index contributed by atoms with van der Waals surface area (Å²) in [7, 11) is 1.82. The van der Waals surface area contributed by atoms with E-state index in [4.69, 9.17) is 4.84 Å². The maximum Gasteiger partial charge on any atom is 0.0684 e. The van der Waals surface area contributed by atoms with Gasteiger partial charge in [-0.2, -0.15) is 11.8 Å². The molecule has 1 saturated heterocycles. The van der Waals surface area contributed by atoms with E-state index in [2.05, 4.69) is 17.2 Å². The van der Waals surface area contributed by atoms with Crippen LogP contribution in [0.15, 0.2) is 0 Å². The molecule has 0 spiro atoms. The Bertz CT molecular complexity index is 94.1. The van der Waals surface area contributed by atoms with Crippen molar-refractivity contribution in [2.45, 2.75) is 19.3 Å². The zero-order chi connectivity index (χ0) is 7.94. The first-order valence-corrected chi connectivity index (χ1v) is 5.45. The van der Waals surface area contributed by atoms with Crippen molar-refractivity contribution in [3.63, 3.8) is 0 Å².